The van der Waals surface area contributed by atoms with Gasteiger partial charge in [-0.05, 0) is 37.1 Å². The van der Waals surface area contributed by atoms with Gasteiger partial charge in [0.15, 0.2) is 0 Å². The summed E-state index contributed by atoms with van der Waals surface area (Å²) in [5, 5.41) is 10.1. The molecule has 0 spiro atoms. The standard InChI is InChI=1S/C18H19NO5/c20-17(15-9-3-1-4-10-15)23-14-8-7-13-19(22)18(21)24-16-11-5-2-6-12-16/h1-6,9-12,22H,7-8,13-14H2. The molecule has 0 heterocycles. The number of nitrogens with zero attached hydrogens (tertiary/aromatic N) is 1. The molecule has 2 aromatic rings. The van der Waals surface area contributed by atoms with Crippen molar-refractivity contribution in [3.63, 3.8) is 0 Å². The first-order valence-electron chi connectivity index (χ1n) is 7.62. The van der Waals surface area contributed by atoms with Crippen molar-refractivity contribution in [1.82, 2.24) is 5.06 Å². The molecule has 0 bridgehead atoms. The average Bonchev–Trinajstić information content (AvgIpc) is 2.62. The first kappa shape index (κ1) is 17.5. The monoisotopic (exact) mass is 329 g/mol. The van der Waals surface area contributed by atoms with E-state index < -0.39 is 6.09 Å². The molecule has 126 valence electrons. The van der Waals surface area contributed by atoms with Crippen molar-refractivity contribution in [3.8, 4) is 5.75 Å². The first-order valence-corrected chi connectivity index (χ1v) is 7.62. The summed E-state index contributed by atoms with van der Waals surface area (Å²) in [7, 11) is 0. The Kier molecular flexibility index (Phi) is 6.79. The summed E-state index contributed by atoms with van der Waals surface area (Å²) in [6.45, 7) is 0.309. The molecule has 6 heteroatoms. The fraction of sp³-hybridized carbons (Fsp3) is 0.222. The molecule has 2 aromatic carbocycles. The van der Waals surface area contributed by atoms with Crippen molar-refractivity contribution in [1.29, 1.82) is 0 Å². The number of hydrogen-bond acceptors (Lipinski definition) is 5. The number of amides is 1. The Balaban J connectivity index is 1.61. The van der Waals surface area contributed by atoms with Crippen molar-refractivity contribution in [3.05, 3.63) is 66.2 Å². The molecule has 0 aliphatic heterocycles. The van der Waals surface area contributed by atoms with Gasteiger partial charge < -0.3 is 9.47 Å². The summed E-state index contributed by atoms with van der Waals surface area (Å²) in [5.41, 5.74) is 0.493. The molecule has 0 atom stereocenters. The minimum atomic E-state index is -0.845. The van der Waals surface area contributed by atoms with Gasteiger partial charge in [0, 0.05) is 0 Å². The van der Waals surface area contributed by atoms with Gasteiger partial charge in [-0.25, -0.2) is 9.59 Å². The van der Waals surface area contributed by atoms with Crippen LogP contribution in [-0.4, -0.2) is 35.5 Å². The van der Waals surface area contributed by atoms with E-state index in [-0.39, 0.29) is 19.1 Å². The smallest absolute Gasteiger partial charge is 0.439 e. The third-order valence-electron chi connectivity index (χ3n) is 3.17. The van der Waals surface area contributed by atoms with Gasteiger partial charge in [0.25, 0.3) is 0 Å². The quantitative estimate of drug-likeness (QED) is 0.364. The second kappa shape index (κ2) is 9.32. The highest BCUT2D eigenvalue weighted by atomic mass is 16.6. The number of hydroxylamine groups is 2. The summed E-state index contributed by atoms with van der Waals surface area (Å²) in [6, 6.07) is 17.2. The van der Waals surface area contributed by atoms with Crippen LogP contribution in [0.1, 0.15) is 23.2 Å². The number of carbonyl (C=O) groups is 2. The van der Waals surface area contributed by atoms with Crippen LogP contribution in [-0.2, 0) is 4.74 Å². The Hall–Kier alpha value is -2.86. The minimum absolute atomic E-state index is 0.0918. The third kappa shape index (κ3) is 5.73. The van der Waals surface area contributed by atoms with E-state index in [2.05, 4.69) is 0 Å². The molecule has 0 unspecified atom stereocenters. The normalized spacial score (nSPS) is 10.0. The van der Waals surface area contributed by atoms with Crippen LogP contribution in [0.5, 0.6) is 5.75 Å². The lowest BCUT2D eigenvalue weighted by atomic mass is 10.2. The number of rotatable bonds is 7. The fourth-order valence-corrected chi connectivity index (χ4v) is 1.92. The Labute approximate surface area is 140 Å². The predicted octanol–water partition coefficient (Wildman–Crippen LogP) is 3.51. The van der Waals surface area contributed by atoms with Crippen LogP contribution in [0.15, 0.2) is 60.7 Å². The molecule has 0 aliphatic rings. The Morgan fingerprint density at radius 1 is 0.917 bits per heavy atom. The number of unbranched alkanes of at least 4 members (excludes halogenated alkanes) is 1. The van der Waals surface area contributed by atoms with Crippen molar-refractivity contribution < 1.29 is 24.3 Å². The molecule has 0 aromatic heterocycles. The van der Waals surface area contributed by atoms with E-state index in [1.54, 1.807) is 54.6 Å². The molecule has 2 rings (SSSR count). The molecule has 6 nitrogen and oxygen atoms in total. The number of para-hydroxylation sites is 1. The molecule has 1 amide bonds. The average molecular weight is 329 g/mol. The van der Waals surface area contributed by atoms with Crippen molar-refractivity contribution in [2.45, 2.75) is 12.8 Å². The first-order chi connectivity index (χ1) is 11.7. The second-order valence-electron chi connectivity index (χ2n) is 5.01. The number of ether oxygens (including phenoxy) is 2. The van der Waals surface area contributed by atoms with E-state index in [1.165, 1.54) is 0 Å². The van der Waals surface area contributed by atoms with E-state index >= 15 is 0 Å². The molecule has 0 radical (unpaired) electrons. The highest BCUT2D eigenvalue weighted by molar-refractivity contribution is 5.89. The van der Waals surface area contributed by atoms with Gasteiger partial charge in [-0.1, -0.05) is 36.4 Å². The van der Waals surface area contributed by atoms with Gasteiger partial charge in [-0.2, -0.15) is 5.06 Å². The zero-order chi connectivity index (χ0) is 17.2. The van der Waals surface area contributed by atoms with E-state index in [0.29, 0.717) is 29.2 Å². The van der Waals surface area contributed by atoms with Crippen molar-refractivity contribution >= 4 is 12.1 Å². The van der Waals surface area contributed by atoms with Crippen LogP contribution >= 0.6 is 0 Å². The molecule has 1 N–H and O–H groups in total. The maximum Gasteiger partial charge on any atom is 0.439 e. The fourth-order valence-electron chi connectivity index (χ4n) is 1.92. The second-order valence-corrected chi connectivity index (χ2v) is 5.01. The van der Waals surface area contributed by atoms with Crippen LogP contribution in [0, 0.1) is 0 Å². The van der Waals surface area contributed by atoms with Crippen LogP contribution < -0.4 is 4.74 Å². The highest BCUT2D eigenvalue weighted by Crippen LogP contribution is 2.10. The zero-order valence-corrected chi connectivity index (χ0v) is 13.1. The number of carbonyl (C=O) groups excluding carboxylic acids is 2. The topological polar surface area (TPSA) is 76.1 Å². The lowest BCUT2D eigenvalue weighted by Gasteiger charge is -2.14. The maximum absolute atomic E-state index is 11.7. The molecule has 0 saturated heterocycles. The summed E-state index contributed by atoms with van der Waals surface area (Å²) < 4.78 is 10.1. The van der Waals surface area contributed by atoms with Gasteiger partial charge in [0.2, 0.25) is 0 Å². The SMILES string of the molecule is O=C(OCCCCN(O)C(=O)Oc1ccccc1)c1ccccc1. The molecule has 0 aliphatic carbocycles. The van der Waals surface area contributed by atoms with Crippen LogP contribution in [0.4, 0.5) is 4.79 Å². The van der Waals surface area contributed by atoms with Crippen molar-refractivity contribution in [2.75, 3.05) is 13.2 Å². The van der Waals surface area contributed by atoms with Gasteiger partial charge in [0.05, 0.1) is 18.7 Å². The van der Waals surface area contributed by atoms with E-state index in [0.717, 1.165) is 0 Å². The lowest BCUT2D eigenvalue weighted by molar-refractivity contribution is -0.0616. The Morgan fingerprint density at radius 2 is 1.54 bits per heavy atom. The van der Waals surface area contributed by atoms with E-state index in [1.807, 2.05) is 6.07 Å². The van der Waals surface area contributed by atoms with Gasteiger partial charge in [-0.3, -0.25) is 5.21 Å². The summed E-state index contributed by atoms with van der Waals surface area (Å²) in [6.07, 6.45) is 0.152. The molecular weight excluding hydrogens is 310 g/mol. The van der Waals surface area contributed by atoms with Gasteiger partial charge >= 0.3 is 12.1 Å². The lowest BCUT2D eigenvalue weighted by Crippen LogP contribution is -2.31. The number of hydrogen-bond donors (Lipinski definition) is 1. The van der Waals surface area contributed by atoms with Gasteiger partial charge in [-0.15, -0.1) is 0 Å². The number of benzene rings is 2. The summed E-state index contributed by atoms with van der Waals surface area (Å²) in [5.74, 6) is -0.0294. The molecule has 24 heavy (non-hydrogen) atoms. The minimum Gasteiger partial charge on any atom is -0.462 e. The summed E-state index contributed by atoms with van der Waals surface area (Å²) in [4.78, 5) is 23.3. The molecule has 0 saturated carbocycles. The number of esters is 1. The maximum atomic E-state index is 11.7. The van der Waals surface area contributed by atoms with Crippen LogP contribution in [0.3, 0.4) is 0 Å². The Bertz CT molecular complexity index is 645. The zero-order valence-electron chi connectivity index (χ0n) is 13.1. The van der Waals surface area contributed by atoms with Crippen molar-refractivity contribution in [2.24, 2.45) is 0 Å². The van der Waals surface area contributed by atoms with Crippen LogP contribution in [0.2, 0.25) is 0 Å². The molecular formula is C18H19NO5. The largest absolute Gasteiger partial charge is 0.462 e. The van der Waals surface area contributed by atoms with E-state index in [4.69, 9.17) is 9.47 Å². The van der Waals surface area contributed by atoms with Gasteiger partial charge in [0.1, 0.15) is 5.75 Å². The van der Waals surface area contributed by atoms with Crippen LogP contribution in [0.25, 0.3) is 0 Å². The highest BCUT2D eigenvalue weighted by Gasteiger charge is 2.13. The Morgan fingerprint density at radius 3 is 2.21 bits per heavy atom. The predicted molar refractivity (Wildman–Crippen MR) is 86.9 cm³/mol. The van der Waals surface area contributed by atoms with E-state index in [9.17, 15) is 14.8 Å². The molecule has 0 fully saturated rings. The summed E-state index contributed by atoms with van der Waals surface area (Å²) >= 11 is 0. The third-order valence-corrected chi connectivity index (χ3v) is 3.17.